The predicted octanol–water partition coefficient (Wildman–Crippen LogP) is 0.561. The summed E-state index contributed by atoms with van der Waals surface area (Å²) >= 11 is 0. The van der Waals surface area contributed by atoms with E-state index in [1.54, 1.807) is 0 Å². The molecule has 1 unspecified atom stereocenters. The van der Waals surface area contributed by atoms with E-state index in [-0.39, 0.29) is 12.0 Å². The van der Waals surface area contributed by atoms with Gasteiger partial charge in [0.1, 0.15) is 11.9 Å². The molecule has 0 radical (unpaired) electrons. The van der Waals surface area contributed by atoms with Gasteiger partial charge in [-0.15, -0.1) is 10.2 Å². The number of piperazine rings is 1. The molecule has 9 heteroatoms. The third-order valence-corrected chi connectivity index (χ3v) is 5.41. The summed E-state index contributed by atoms with van der Waals surface area (Å²) in [6, 6.07) is 5.88. The lowest BCUT2D eigenvalue weighted by Gasteiger charge is -2.37. The minimum absolute atomic E-state index is 0.141. The molecule has 2 aromatic heterocycles. The van der Waals surface area contributed by atoms with Gasteiger partial charge in [-0.05, 0) is 31.9 Å². The van der Waals surface area contributed by atoms with E-state index in [2.05, 4.69) is 27.3 Å². The van der Waals surface area contributed by atoms with Gasteiger partial charge in [-0.25, -0.2) is 0 Å². The number of rotatable bonds is 5. The zero-order chi connectivity index (χ0) is 20.1. The Kier molecular flexibility index (Phi) is 6.24. The molecule has 156 valence electrons. The number of amides is 1. The molecule has 4 rings (SSSR count). The fraction of sp³-hybridized carbons (Fsp3) is 0.600. The van der Waals surface area contributed by atoms with E-state index in [4.69, 9.17) is 9.73 Å². The quantitative estimate of drug-likeness (QED) is 0.584. The summed E-state index contributed by atoms with van der Waals surface area (Å²) < 4.78 is 7.54. The van der Waals surface area contributed by atoms with E-state index in [9.17, 15) is 4.79 Å². The van der Waals surface area contributed by atoms with Crippen LogP contribution in [0.5, 0.6) is 0 Å². The molecular formula is C20H29N7O2. The summed E-state index contributed by atoms with van der Waals surface area (Å²) in [6.07, 6.45) is 4.29. The van der Waals surface area contributed by atoms with Crippen LogP contribution in [-0.2, 0) is 16.0 Å². The van der Waals surface area contributed by atoms with Crippen molar-refractivity contribution in [3.05, 3.63) is 30.2 Å². The number of aliphatic imine (C=N–C) groups is 1. The predicted molar refractivity (Wildman–Crippen MR) is 110 cm³/mol. The summed E-state index contributed by atoms with van der Waals surface area (Å²) in [4.78, 5) is 21.5. The molecule has 0 saturated carbocycles. The first-order valence-corrected chi connectivity index (χ1v) is 10.5. The summed E-state index contributed by atoms with van der Waals surface area (Å²) in [7, 11) is 0. The van der Waals surface area contributed by atoms with Crippen LogP contribution in [0.1, 0.15) is 25.6 Å². The van der Waals surface area contributed by atoms with Crippen molar-refractivity contribution in [1.82, 2.24) is 29.7 Å². The molecule has 9 nitrogen and oxygen atoms in total. The summed E-state index contributed by atoms with van der Waals surface area (Å²) in [5.74, 6) is 1.94. The number of ether oxygens (including phenoxy) is 1. The van der Waals surface area contributed by atoms with Crippen molar-refractivity contribution < 1.29 is 9.53 Å². The molecule has 4 heterocycles. The molecule has 1 N–H and O–H groups in total. The van der Waals surface area contributed by atoms with Gasteiger partial charge in [-0.1, -0.05) is 6.07 Å². The van der Waals surface area contributed by atoms with Crippen molar-refractivity contribution in [2.24, 2.45) is 4.99 Å². The van der Waals surface area contributed by atoms with Crippen molar-refractivity contribution in [2.45, 2.75) is 32.3 Å². The Balaban J connectivity index is 1.33. The number of nitrogens with zero attached hydrogens (tertiary/aromatic N) is 6. The van der Waals surface area contributed by atoms with Crippen LogP contribution in [0.2, 0.25) is 0 Å². The highest BCUT2D eigenvalue weighted by Crippen LogP contribution is 2.16. The Hall–Kier alpha value is -2.68. The normalized spacial score (nSPS) is 20.4. The molecule has 0 aliphatic carbocycles. The van der Waals surface area contributed by atoms with Crippen LogP contribution in [0.15, 0.2) is 29.4 Å². The van der Waals surface area contributed by atoms with Gasteiger partial charge in [0.25, 0.3) is 5.91 Å². The van der Waals surface area contributed by atoms with Crippen LogP contribution >= 0.6 is 0 Å². The second-order valence-electron chi connectivity index (χ2n) is 7.34. The fourth-order valence-corrected chi connectivity index (χ4v) is 3.86. The maximum absolute atomic E-state index is 12.5. The molecule has 0 bridgehead atoms. The smallest absolute Gasteiger partial charge is 0.251 e. The van der Waals surface area contributed by atoms with Gasteiger partial charge in [-0.2, -0.15) is 0 Å². The Labute approximate surface area is 170 Å². The molecule has 2 aliphatic rings. The minimum atomic E-state index is -0.235. The number of carbonyl (C=O) groups is 1. The van der Waals surface area contributed by atoms with Crippen LogP contribution in [0.3, 0.4) is 0 Å². The van der Waals surface area contributed by atoms with E-state index < -0.39 is 0 Å². The largest absolute Gasteiger partial charge is 0.368 e. The van der Waals surface area contributed by atoms with Crippen LogP contribution in [-0.4, -0.2) is 88.2 Å². The first-order chi connectivity index (χ1) is 14.3. The molecule has 0 spiro atoms. The molecule has 2 fully saturated rings. The SMILES string of the molecule is CCNC(=NCCc1nnc2ccccn12)N1CCN(C(=O)C2CCCO2)CC1. The summed E-state index contributed by atoms with van der Waals surface area (Å²) in [5, 5.41) is 11.8. The van der Waals surface area contributed by atoms with Crippen LogP contribution < -0.4 is 5.32 Å². The van der Waals surface area contributed by atoms with E-state index in [0.717, 1.165) is 56.3 Å². The van der Waals surface area contributed by atoms with Crippen LogP contribution in [0, 0.1) is 0 Å². The number of guanidine groups is 1. The molecule has 29 heavy (non-hydrogen) atoms. The molecule has 0 aromatic carbocycles. The van der Waals surface area contributed by atoms with Gasteiger partial charge < -0.3 is 19.9 Å². The average molecular weight is 399 g/mol. The van der Waals surface area contributed by atoms with Gasteiger partial charge in [0, 0.05) is 58.5 Å². The Bertz CT molecular complexity index is 851. The van der Waals surface area contributed by atoms with Gasteiger partial charge in [0.2, 0.25) is 0 Å². The molecule has 2 saturated heterocycles. The van der Waals surface area contributed by atoms with Gasteiger partial charge in [0.15, 0.2) is 11.6 Å². The second-order valence-corrected chi connectivity index (χ2v) is 7.34. The lowest BCUT2D eigenvalue weighted by Crippen LogP contribution is -2.55. The molecule has 2 aromatic rings. The first kappa shape index (κ1) is 19.6. The van der Waals surface area contributed by atoms with E-state index in [0.29, 0.717) is 26.2 Å². The molecule has 2 aliphatic heterocycles. The Morgan fingerprint density at radius 1 is 1.24 bits per heavy atom. The van der Waals surface area contributed by atoms with E-state index >= 15 is 0 Å². The maximum atomic E-state index is 12.5. The zero-order valence-electron chi connectivity index (χ0n) is 17.0. The highest BCUT2D eigenvalue weighted by atomic mass is 16.5. The standard InChI is InChI=1S/C20H29N7O2/c1-2-21-20(22-9-8-18-24-23-17-7-3-4-10-27(17)18)26-13-11-25(12-14-26)19(28)16-6-5-15-29-16/h3-4,7,10,16H,2,5-6,8-9,11-15H2,1H3,(H,21,22). The Morgan fingerprint density at radius 3 is 2.83 bits per heavy atom. The van der Waals surface area contributed by atoms with Crippen molar-refractivity contribution in [3.63, 3.8) is 0 Å². The van der Waals surface area contributed by atoms with Crippen molar-refractivity contribution >= 4 is 17.5 Å². The third kappa shape index (κ3) is 4.50. The van der Waals surface area contributed by atoms with Gasteiger partial charge in [0.05, 0.1) is 0 Å². The lowest BCUT2D eigenvalue weighted by atomic mass is 10.2. The van der Waals surface area contributed by atoms with Crippen molar-refractivity contribution in [3.8, 4) is 0 Å². The second kappa shape index (κ2) is 9.21. The third-order valence-electron chi connectivity index (χ3n) is 5.41. The van der Waals surface area contributed by atoms with Crippen LogP contribution in [0.25, 0.3) is 5.65 Å². The summed E-state index contributed by atoms with van der Waals surface area (Å²) in [5.41, 5.74) is 0.852. The number of nitrogens with one attached hydrogen (secondary N) is 1. The van der Waals surface area contributed by atoms with Gasteiger partial charge in [-0.3, -0.25) is 14.2 Å². The van der Waals surface area contributed by atoms with Crippen molar-refractivity contribution in [1.29, 1.82) is 0 Å². The number of hydrogen-bond donors (Lipinski definition) is 1. The highest BCUT2D eigenvalue weighted by molar-refractivity contribution is 5.82. The fourth-order valence-electron chi connectivity index (χ4n) is 3.86. The number of pyridine rings is 1. The van der Waals surface area contributed by atoms with Crippen molar-refractivity contribution in [2.75, 3.05) is 45.9 Å². The summed E-state index contributed by atoms with van der Waals surface area (Å²) in [6.45, 7) is 7.18. The number of hydrogen-bond acceptors (Lipinski definition) is 5. The molecular weight excluding hydrogens is 370 g/mol. The van der Waals surface area contributed by atoms with Gasteiger partial charge >= 0.3 is 0 Å². The maximum Gasteiger partial charge on any atom is 0.251 e. The number of fused-ring (bicyclic) bond motifs is 1. The molecule has 1 amide bonds. The molecule has 1 atom stereocenters. The zero-order valence-corrected chi connectivity index (χ0v) is 17.0. The van der Waals surface area contributed by atoms with Crippen LogP contribution in [0.4, 0.5) is 0 Å². The lowest BCUT2D eigenvalue weighted by molar-refractivity contribution is -0.142. The van der Waals surface area contributed by atoms with E-state index in [1.165, 1.54) is 0 Å². The monoisotopic (exact) mass is 399 g/mol. The number of aromatic nitrogens is 3. The topological polar surface area (TPSA) is 87.4 Å². The highest BCUT2D eigenvalue weighted by Gasteiger charge is 2.30. The first-order valence-electron chi connectivity index (χ1n) is 10.5. The minimum Gasteiger partial charge on any atom is -0.368 e. The van der Waals surface area contributed by atoms with E-state index in [1.807, 2.05) is 33.7 Å². The average Bonchev–Trinajstić information content (AvgIpc) is 3.43. The Morgan fingerprint density at radius 2 is 2.07 bits per heavy atom. The number of carbonyl (C=O) groups excluding carboxylic acids is 1.